The molecule has 2 aromatic rings. The van der Waals surface area contributed by atoms with Gasteiger partial charge in [0.05, 0.1) is 22.3 Å². The molecule has 0 aliphatic heterocycles. The largest absolute Gasteiger partial charge is 0.492 e. The fourth-order valence-electron chi connectivity index (χ4n) is 2.97. The minimum atomic E-state index is -0.382. The molecule has 0 aliphatic carbocycles. The summed E-state index contributed by atoms with van der Waals surface area (Å²) in [7, 11) is 0. The SMILES string of the molecule is CCCCCCOc1ccc(C(=O)NC(=S)Nc2ccccc2C(=O)NCCCO)cc1Br. The van der Waals surface area contributed by atoms with Gasteiger partial charge in [0.25, 0.3) is 11.8 Å². The maximum absolute atomic E-state index is 12.6. The second-order valence-electron chi connectivity index (χ2n) is 7.34. The highest BCUT2D eigenvalue weighted by Gasteiger charge is 2.14. The van der Waals surface area contributed by atoms with E-state index in [1.54, 1.807) is 42.5 Å². The van der Waals surface area contributed by atoms with Gasteiger partial charge in [0, 0.05) is 18.7 Å². The zero-order valence-corrected chi connectivity index (χ0v) is 21.1. The van der Waals surface area contributed by atoms with E-state index in [-0.39, 0.29) is 23.5 Å². The number of carbonyl (C=O) groups is 2. The van der Waals surface area contributed by atoms with Crippen LogP contribution in [0.5, 0.6) is 5.75 Å². The Kier molecular flexibility index (Phi) is 11.9. The summed E-state index contributed by atoms with van der Waals surface area (Å²) in [6.07, 6.45) is 4.95. The number of aliphatic hydroxyl groups excluding tert-OH is 1. The highest BCUT2D eigenvalue weighted by molar-refractivity contribution is 9.10. The molecule has 0 aromatic heterocycles. The van der Waals surface area contributed by atoms with Crippen molar-refractivity contribution in [2.45, 2.75) is 39.0 Å². The standard InChI is InChI=1S/C24H30BrN3O4S/c1-2-3-4-7-15-32-21-12-11-17(16-19(21)25)22(30)28-24(33)27-20-10-6-5-9-18(20)23(31)26-13-8-14-29/h5-6,9-12,16,29H,2-4,7-8,13-15H2,1H3,(H,26,31)(H2,27,28,30,33). The molecule has 2 rings (SSSR count). The molecule has 178 valence electrons. The van der Waals surface area contributed by atoms with E-state index in [2.05, 4.69) is 38.8 Å². The summed E-state index contributed by atoms with van der Waals surface area (Å²) in [6.45, 7) is 3.15. The monoisotopic (exact) mass is 535 g/mol. The molecule has 2 amide bonds. The van der Waals surface area contributed by atoms with Crippen molar-refractivity contribution in [3.8, 4) is 5.75 Å². The van der Waals surface area contributed by atoms with E-state index in [0.717, 1.165) is 12.8 Å². The number of hydrogen-bond donors (Lipinski definition) is 4. The molecule has 7 nitrogen and oxygen atoms in total. The second-order valence-corrected chi connectivity index (χ2v) is 8.60. The Hall–Kier alpha value is -2.49. The number of halogens is 1. The predicted octanol–water partition coefficient (Wildman–Crippen LogP) is 4.65. The zero-order chi connectivity index (χ0) is 24.1. The molecule has 0 bridgehead atoms. The van der Waals surface area contributed by atoms with E-state index in [1.165, 1.54) is 12.8 Å². The fourth-order valence-corrected chi connectivity index (χ4v) is 3.66. The summed E-state index contributed by atoms with van der Waals surface area (Å²) in [5.74, 6) is 0.00681. The molecular weight excluding hydrogens is 506 g/mol. The van der Waals surface area contributed by atoms with Gasteiger partial charge in [-0.3, -0.25) is 14.9 Å². The minimum absolute atomic E-state index is 0.00152. The highest BCUT2D eigenvalue weighted by Crippen LogP contribution is 2.26. The summed E-state index contributed by atoms with van der Waals surface area (Å²) in [6, 6.07) is 12.0. The normalized spacial score (nSPS) is 10.4. The molecule has 0 fully saturated rings. The van der Waals surface area contributed by atoms with Crippen molar-refractivity contribution in [3.63, 3.8) is 0 Å². The first-order valence-electron chi connectivity index (χ1n) is 11.0. The lowest BCUT2D eigenvalue weighted by atomic mass is 10.1. The van der Waals surface area contributed by atoms with Crippen molar-refractivity contribution in [3.05, 3.63) is 58.1 Å². The number of amides is 2. The Morgan fingerprint density at radius 1 is 1.06 bits per heavy atom. The van der Waals surface area contributed by atoms with Crippen LogP contribution in [-0.4, -0.2) is 41.8 Å². The molecule has 2 aromatic carbocycles. The summed E-state index contributed by atoms with van der Waals surface area (Å²) in [4.78, 5) is 25.0. The van der Waals surface area contributed by atoms with Crippen LogP contribution in [0.4, 0.5) is 5.69 Å². The number of ether oxygens (including phenoxy) is 1. The number of benzene rings is 2. The van der Waals surface area contributed by atoms with E-state index in [9.17, 15) is 9.59 Å². The number of carbonyl (C=O) groups excluding carboxylic acids is 2. The average Bonchev–Trinajstić information content (AvgIpc) is 2.80. The highest BCUT2D eigenvalue weighted by atomic mass is 79.9. The molecule has 4 N–H and O–H groups in total. The van der Waals surface area contributed by atoms with E-state index in [0.29, 0.717) is 46.6 Å². The predicted molar refractivity (Wildman–Crippen MR) is 138 cm³/mol. The van der Waals surface area contributed by atoms with E-state index >= 15 is 0 Å². The Labute approximate surface area is 208 Å². The van der Waals surface area contributed by atoms with Gasteiger partial charge in [0.1, 0.15) is 5.75 Å². The van der Waals surface area contributed by atoms with Gasteiger partial charge in [0.2, 0.25) is 0 Å². The van der Waals surface area contributed by atoms with Gasteiger partial charge in [-0.25, -0.2) is 0 Å². The van der Waals surface area contributed by atoms with Crippen LogP contribution in [0.25, 0.3) is 0 Å². The van der Waals surface area contributed by atoms with Crippen LogP contribution in [0.3, 0.4) is 0 Å². The third-order valence-corrected chi connectivity index (χ3v) is 5.54. The van der Waals surface area contributed by atoms with Crippen LogP contribution in [0, 0.1) is 0 Å². The number of aliphatic hydroxyl groups is 1. The first-order chi connectivity index (χ1) is 16.0. The van der Waals surface area contributed by atoms with E-state index in [4.69, 9.17) is 22.1 Å². The number of nitrogens with one attached hydrogen (secondary N) is 3. The Morgan fingerprint density at radius 3 is 2.58 bits per heavy atom. The first-order valence-corrected chi connectivity index (χ1v) is 12.2. The average molecular weight is 536 g/mol. The molecule has 9 heteroatoms. The number of para-hydroxylation sites is 1. The van der Waals surface area contributed by atoms with Crippen LogP contribution < -0.4 is 20.7 Å². The van der Waals surface area contributed by atoms with Crippen LogP contribution in [0.1, 0.15) is 59.7 Å². The fraction of sp³-hybridized carbons (Fsp3) is 0.375. The molecular formula is C24H30BrN3O4S. The minimum Gasteiger partial charge on any atom is -0.492 e. The van der Waals surface area contributed by atoms with Gasteiger partial charge in [-0.05, 0) is 71.3 Å². The van der Waals surface area contributed by atoms with Gasteiger partial charge in [-0.15, -0.1) is 0 Å². The number of hydrogen-bond acceptors (Lipinski definition) is 5. The van der Waals surface area contributed by atoms with Crippen molar-refractivity contribution in [1.82, 2.24) is 10.6 Å². The maximum atomic E-state index is 12.6. The zero-order valence-electron chi connectivity index (χ0n) is 18.7. The van der Waals surface area contributed by atoms with Gasteiger partial charge in [0.15, 0.2) is 5.11 Å². The van der Waals surface area contributed by atoms with Gasteiger partial charge in [-0.1, -0.05) is 38.3 Å². The number of unbranched alkanes of at least 4 members (excludes halogenated alkanes) is 3. The van der Waals surface area contributed by atoms with Gasteiger partial charge in [-0.2, -0.15) is 0 Å². The molecule has 33 heavy (non-hydrogen) atoms. The number of rotatable bonds is 12. The smallest absolute Gasteiger partial charge is 0.257 e. The lowest BCUT2D eigenvalue weighted by Gasteiger charge is -2.14. The summed E-state index contributed by atoms with van der Waals surface area (Å²) in [5, 5.41) is 17.2. The molecule has 0 unspecified atom stereocenters. The van der Waals surface area contributed by atoms with Crippen molar-refractivity contribution in [2.24, 2.45) is 0 Å². The van der Waals surface area contributed by atoms with E-state index < -0.39 is 0 Å². The Balaban J connectivity index is 1.94. The quantitative estimate of drug-likeness (QED) is 0.233. The Morgan fingerprint density at radius 2 is 1.85 bits per heavy atom. The van der Waals surface area contributed by atoms with Crippen molar-refractivity contribution in [1.29, 1.82) is 0 Å². The van der Waals surface area contributed by atoms with E-state index in [1.807, 2.05) is 0 Å². The first kappa shape index (κ1) is 26.8. The van der Waals surface area contributed by atoms with Gasteiger partial charge >= 0.3 is 0 Å². The summed E-state index contributed by atoms with van der Waals surface area (Å²) < 4.78 is 6.47. The summed E-state index contributed by atoms with van der Waals surface area (Å²) in [5.41, 5.74) is 1.27. The van der Waals surface area contributed by atoms with Crippen molar-refractivity contribution in [2.75, 3.05) is 25.1 Å². The molecule has 0 saturated heterocycles. The van der Waals surface area contributed by atoms with Crippen LogP contribution in [0.2, 0.25) is 0 Å². The molecule has 0 radical (unpaired) electrons. The molecule has 0 aliphatic rings. The lowest BCUT2D eigenvalue weighted by Crippen LogP contribution is -2.35. The van der Waals surface area contributed by atoms with Crippen LogP contribution in [-0.2, 0) is 0 Å². The summed E-state index contributed by atoms with van der Waals surface area (Å²) >= 11 is 8.73. The van der Waals surface area contributed by atoms with Crippen LogP contribution in [0.15, 0.2) is 46.9 Å². The molecule has 0 heterocycles. The van der Waals surface area contributed by atoms with Crippen LogP contribution >= 0.6 is 28.1 Å². The van der Waals surface area contributed by atoms with Gasteiger partial charge < -0.3 is 20.5 Å². The second kappa shape index (κ2) is 14.6. The third kappa shape index (κ3) is 9.11. The third-order valence-electron chi connectivity index (χ3n) is 4.72. The topological polar surface area (TPSA) is 99.7 Å². The molecule has 0 spiro atoms. The van der Waals surface area contributed by atoms with Crippen molar-refractivity contribution >= 4 is 50.8 Å². The number of thiocarbonyl (C=S) groups is 1. The molecule has 0 saturated carbocycles. The number of anilines is 1. The maximum Gasteiger partial charge on any atom is 0.257 e. The molecule has 0 atom stereocenters. The Bertz CT molecular complexity index is 955. The lowest BCUT2D eigenvalue weighted by molar-refractivity contribution is 0.0950. The van der Waals surface area contributed by atoms with Crippen molar-refractivity contribution < 1.29 is 19.4 Å².